The summed E-state index contributed by atoms with van der Waals surface area (Å²) in [5, 5.41) is 6.96. The van der Waals surface area contributed by atoms with E-state index in [0.717, 1.165) is 24.2 Å². The van der Waals surface area contributed by atoms with Crippen LogP contribution in [0.25, 0.3) is 0 Å². The SMILES string of the molecule is C[C@H]1C[C@@H](NC(=O)c2cc(C3CC3)on2)CCN1C(=O)c1ccc(C(C)(C)N)cc1. The van der Waals surface area contributed by atoms with E-state index in [4.69, 9.17) is 10.3 Å². The van der Waals surface area contributed by atoms with Crippen LogP contribution in [0.1, 0.15) is 84.5 Å². The lowest BCUT2D eigenvalue weighted by Crippen LogP contribution is -2.51. The van der Waals surface area contributed by atoms with Gasteiger partial charge in [-0.2, -0.15) is 0 Å². The van der Waals surface area contributed by atoms with Crippen molar-refractivity contribution < 1.29 is 14.1 Å². The highest BCUT2D eigenvalue weighted by Crippen LogP contribution is 2.40. The van der Waals surface area contributed by atoms with Gasteiger partial charge in [0.15, 0.2) is 5.69 Å². The highest BCUT2D eigenvalue weighted by Gasteiger charge is 2.32. The van der Waals surface area contributed by atoms with Crippen LogP contribution >= 0.6 is 0 Å². The van der Waals surface area contributed by atoms with Crippen LogP contribution in [-0.4, -0.2) is 40.5 Å². The molecule has 7 nitrogen and oxygen atoms in total. The maximum absolute atomic E-state index is 13.0. The van der Waals surface area contributed by atoms with Crippen LogP contribution < -0.4 is 11.1 Å². The zero-order chi connectivity index (χ0) is 21.5. The second kappa shape index (κ2) is 7.87. The number of piperidine rings is 1. The number of hydrogen-bond acceptors (Lipinski definition) is 5. The number of benzene rings is 1. The minimum atomic E-state index is -0.436. The molecule has 7 heteroatoms. The highest BCUT2D eigenvalue weighted by atomic mass is 16.5. The third kappa shape index (κ3) is 4.41. The van der Waals surface area contributed by atoms with Crippen molar-refractivity contribution in [1.29, 1.82) is 0 Å². The van der Waals surface area contributed by atoms with E-state index in [2.05, 4.69) is 10.5 Å². The smallest absolute Gasteiger partial charge is 0.273 e. The van der Waals surface area contributed by atoms with E-state index in [1.54, 1.807) is 6.07 Å². The number of nitrogens with one attached hydrogen (secondary N) is 1. The molecule has 30 heavy (non-hydrogen) atoms. The molecule has 1 aliphatic carbocycles. The molecule has 2 aromatic rings. The molecule has 4 rings (SSSR count). The standard InChI is InChI=1S/C23H30N4O3/c1-14-12-18(25-21(28)19-13-20(30-26-19)15-4-5-15)10-11-27(14)22(29)16-6-8-17(9-7-16)23(2,3)24/h6-9,13-15,18H,4-5,10-12,24H2,1-3H3,(H,25,28)/t14-,18-/m0/s1. The molecular weight excluding hydrogens is 380 g/mol. The lowest BCUT2D eigenvalue weighted by molar-refractivity contribution is 0.0595. The summed E-state index contributed by atoms with van der Waals surface area (Å²) in [6.07, 6.45) is 3.63. The van der Waals surface area contributed by atoms with Crippen LogP contribution in [0.4, 0.5) is 0 Å². The van der Waals surface area contributed by atoms with Crippen molar-refractivity contribution >= 4 is 11.8 Å². The Morgan fingerprint density at radius 3 is 2.50 bits per heavy atom. The van der Waals surface area contributed by atoms with Gasteiger partial charge in [0.2, 0.25) is 0 Å². The molecule has 1 aromatic carbocycles. The number of carbonyl (C=O) groups is 2. The monoisotopic (exact) mass is 410 g/mol. The van der Waals surface area contributed by atoms with E-state index in [0.29, 0.717) is 36.6 Å². The summed E-state index contributed by atoms with van der Waals surface area (Å²) in [7, 11) is 0. The van der Waals surface area contributed by atoms with Gasteiger partial charge in [-0.1, -0.05) is 17.3 Å². The molecular formula is C23H30N4O3. The third-order valence-electron chi connectivity index (χ3n) is 6.09. The summed E-state index contributed by atoms with van der Waals surface area (Å²) in [6.45, 7) is 6.50. The van der Waals surface area contributed by atoms with Crippen LogP contribution in [0.15, 0.2) is 34.9 Å². The highest BCUT2D eigenvalue weighted by molar-refractivity contribution is 5.95. The topological polar surface area (TPSA) is 101 Å². The molecule has 0 radical (unpaired) electrons. The van der Waals surface area contributed by atoms with Crippen molar-refractivity contribution in [3.05, 3.63) is 52.9 Å². The summed E-state index contributed by atoms with van der Waals surface area (Å²) >= 11 is 0. The maximum Gasteiger partial charge on any atom is 0.273 e. The molecule has 1 aliphatic heterocycles. The largest absolute Gasteiger partial charge is 0.360 e. The quantitative estimate of drug-likeness (QED) is 0.788. The first kappa shape index (κ1) is 20.6. The molecule has 0 unspecified atom stereocenters. The Balaban J connectivity index is 1.34. The predicted octanol–water partition coefficient (Wildman–Crippen LogP) is 3.17. The molecule has 2 atom stereocenters. The molecule has 0 bridgehead atoms. The van der Waals surface area contributed by atoms with Crippen LogP contribution in [0.5, 0.6) is 0 Å². The number of aromatic nitrogens is 1. The van der Waals surface area contributed by atoms with Gasteiger partial charge in [0, 0.05) is 41.7 Å². The second-order valence-corrected chi connectivity index (χ2v) is 9.23. The van der Waals surface area contributed by atoms with Gasteiger partial charge in [0.05, 0.1) is 0 Å². The summed E-state index contributed by atoms with van der Waals surface area (Å²) < 4.78 is 5.28. The van der Waals surface area contributed by atoms with E-state index < -0.39 is 5.54 Å². The zero-order valence-corrected chi connectivity index (χ0v) is 17.9. The Bertz CT molecular complexity index is 925. The van der Waals surface area contributed by atoms with E-state index in [1.165, 1.54) is 0 Å². The van der Waals surface area contributed by atoms with Crippen LogP contribution in [0.3, 0.4) is 0 Å². The predicted molar refractivity (Wildman–Crippen MR) is 113 cm³/mol. The van der Waals surface area contributed by atoms with Crippen molar-refractivity contribution in [3.63, 3.8) is 0 Å². The summed E-state index contributed by atoms with van der Waals surface area (Å²) in [4.78, 5) is 27.4. The van der Waals surface area contributed by atoms with Gasteiger partial charge < -0.3 is 20.5 Å². The van der Waals surface area contributed by atoms with Crippen molar-refractivity contribution in [2.24, 2.45) is 5.73 Å². The van der Waals surface area contributed by atoms with Crippen LogP contribution in [0.2, 0.25) is 0 Å². The normalized spacial score (nSPS) is 22.1. The van der Waals surface area contributed by atoms with Crippen molar-refractivity contribution in [2.45, 2.75) is 70.0 Å². The number of nitrogens with two attached hydrogens (primary N) is 1. The second-order valence-electron chi connectivity index (χ2n) is 9.23. The molecule has 2 fully saturated rings. The first-order chi connectivity index (χ1) is 14.2. The Morgan fingerprint density at radius 2 is 1.90 bits per heavy atom. The number of likely N-dealkylation sites (tertiary alicyclic amines) is 1. The zero-order valence-electron chi connectivity index (χ0n) is 17.9. The van der Waals surface area contributed by atoms with E-state index in [-0.39, 0.29) is 23.9 Å². The van der Waals surface area contributed by atoms with Gasteiger partial charge in [0.1, 0.15) is 5.76 Å². The van der Waals surface area contributed by atoms with E-state index >= 15 is 0 Å². The number of rotatable bonds is 5. The Morgan fingerprint density at radius 1 is 1.20 bits per heavy atom. The summed E-state index contributed by atoms with van der Waals surface area (Å²) in [5.74, 6) is 1.04. The van der Waals surface area contributed by atoms with Gasteiger partial charge in [-0.15, -0.1) is 0 Å². The molecule has 1 saturated heterocycles. The minimum absolute atomic E-state index is 0.0121. The Labute approximate surface area is 177 Å². The molecule has 160 valence electrons. The molecule has 2 aliphatic rings. The van der Waals surface area contributed by atoms with Gasteiger partial charge in [-0.25, -0.2) is 0 Å². The van der Waals surface area contributed by atoms with Crippen molar-refractivity contribution in [2.75, 3.05) is 6.54 Å². The molecule has 1 saturated carbocycles. The summed E-state index contributed by atoms with van der Waals surface area (Å²) in [6, 6.07) is 9.31. The lowest BCUT2D eigenvalue weighted by atomic mass is 9.94. The van der Waals surface area contributed by atoms with Gasteiger partial charge >= 0.3 is 0 Å². The lowest BCUT2D eigenvalue weighted by Gasteiger charge is -2.38. The molecule has 2 heterocycles. The maximum atomic E-state index is 13.0. The van der Waals surface area contributed by atoms with Crippen molar-refractivity contribution in [3.8, 4) is 0 Å². The fourth-order valence-corrected chi connectivity index (χ4v) is 4.03. The van der Waals surface area contributed by atoms with Crippen LogP contribution in [-0.2, 0) is 5.54 Å². The molecule has 2 amide bonds. The number of nitrogens with zero attached hydrogens (tertiary/aromatic N) is 2. The average molecular weight is 411 g/mol. The van der Waals surface area contributed by atoms with E-state index in [1.807, 2.05) is 49.9 Å². The van der Waals surface area contributed by atoms with Crippen molar-refractivity contribution in [1.82, 2.24) is 15.4 Å². The van der Waals surface area contributed by atoms with E-state index in [9.17, 15) is 9.59 Å². The molecule has 1 aromatic heterocycles. The average Bonchev–Trinajstić information content (AvgIpc) is 3.43. The van der Waals surface area contributed by atoms with Gasteiger partial charge in [0.25, 0.3) is 11.8 Å². The first-order valence-corrected chi connectivity index (χ1v) is 10.7. The van der Waals surface area contributed by atoms with Gasteiger partial charge in [-0.3, -0.25) is 9.59 Å². The number of hydrogen-bond donors (Lipinski definition) is 2. The third-order valence-corrected chi connectivity index (χ3v) is 6.09. The summed E-state index contributed by atoms with van der Waals surface area (Å²) in [5.41, 5.74) is 7.68. The number of amides is 2. The Kier molecular flexibility index (Phi) is 5.40. The van der Waals surface area contributed by atoms with Gasteiger partial charge in [-0.05, 0) is 64.2 Å². The molecule has 0 spiro atoms. The molecule has 3 N–H and O–H groups in total. The van der Waals surface area contributed by atoms with Crippen LogP contribution in [0, 0.1) is 0 Å². The number of carbonyl (C=O) groups excluding carboxylic acids is 2. The fourth-order valence-electron chi connectivity index (χ4n) is 4.03. The first-order valence-electron chi connectivity index (χ1n) is 10.7. The minimum Gasteiger partial charge on any atom is -0.360 e. The fraction of sp³-hybridized carbons (Fsp3) is 0.522. The Hall–Kier alpha value is -2.67.